The Morgan fingerprint density at radius 1 is 1.12 bits per heavy atom. The lowest BCUT2D eigenvalue weighted by molar-refractivity contribution is -0.137. The number of rotatable bonds is 7. The van der Waals surface area contributed by atoms with Crippen LogP contribution in [0.4, 0.5) is 10.5 Å². The summed E-state index contributed by atoms with van der Waals surface area (Å²) in [5.74, 6) is -0.936. The molecule has 0 saturated heterocycles. The van der Waals surface area contributed by atoms with Crippen molar-refractivity contribution in [3.05, 3.63) is 76.2 Å². The number of hydrogen-bond acceptors (Lipinski definition) is 5. The highest BCUT2D eigenvalue weighted by atomic mass is 16.5. The second kappa shape index (κ2) is 9.70. The third-order valence-electron chi connectivity index (χ3n) is 5.78. The van der Waals surface area contributed by atoms with Crippen LogP contribution in [0.1, 0.15) is 30.1 Å². The molecule has 2 heterocycles. The molecule has 1 atom stereocenters. The lowest BCUT2D eigenvalue weighted by Crippen LogP contribution is -2.36. The van der Waals surface area contributed by atoms with Gasteiger partial charge in [0.25, 0.3) is 5.56 Å². The van der Waals surface area contributed by atoms with Crippen molar-refractivity contribution in [2.45, 2.75) is 31.8 Å². The van der Waals surface area contributed by atoms with Gasteiger partial charge in [-0.25, -0.2) is 4.79 Å². The number of carboxylic acids is 1. The summed E-state index contributed by atoms with van der Waals surface area (Å²) in [6.07, 6.45) is 1.06. The molecule has 0 spiro atoms. The van der Waals surface area contributed by atoms with E-state index in [9.17, 15) is 24.6 Å². The van der Waals surface area contributed by atoms with Crippen LogP contribution in [0.2, 0.25) is 0 Å². The zero-order valence-electron chi connectivity index (χ0n) is 18.6. The van der Waals surface area contributed by atoms with Gasteiger partial charge in [-0.05, 0) is 47.7 Å². The van der Waals surface area contributed by atoms with Gasteiger partial charge in [-0.1, -0.05) is 30.3 Å². The molecule has 9 heteroatoms. The first kappa shape index (κ1) is 22.9. The van der Waals surface area contributed by atoms with Gasteiger partial charge in [-0.2, -0.15) is 0 Å². The molecule has 0 saturated carbocycles. The van der Waals surface area contributed by atoms with E-state index in [0.29, 0.717) is 30.0 Å². The summed E-state index contributed by atoms with van der Waals surface area (Å²) in [5.41, 5.74) is 2.19. The van der Waals surface area contributed by atoms with Crippen LogP contribution in [0.25, 0.3) is 11.1 Å². The summed E-state index contributed by atoms with van der Waals surface area (Å²) in [6, 6.07) is 14.5. The smallest absolute Gasteiger partial charge is 0.319 e. The number of hydrogen-bond donors (Lipinski definition) is 4. The fourth-order valence-corrected chi connectivity index (χ4v) is 4.14. The van der Waals surface area contributed by atoms with E-state index in [2.05, 4.69) is 10.6 Å². The number of amides is 2. The summed E-state index contributed by atoms with van der Waals surface area (Å²) in [7, 11) is 1.50. The van der Waals surface area contributed by atoms with Crippen LogP contribution in [-0.2, 0) is 17.8 Å². The third-order valence-corrected chi connectivity index (χ3v) is 5.78. The number of carbonyl (C=O) groups is 2. The van der Waals surface area contributed by atoms with E-state index in [0.717, 1.165) is 17.5 Å². The van der Waals surface area contributed by atoms with E-state index in [4.69, 9.17) is 4.74 Å². The molecule has 34 heavy (non-hydrogen) atoms. The third kappa shape index (κ3) is 4.88. The average molecular weight is 463 g/mol. The first-order valence-electron chi connectivity index (χ1n) is 10.8. The van der Waals surface area contributed by atoms with E-state index in [1.165, 1.54) is 17.7 Å². The first-order valence-corrected chi connectivity index (χ1v) is 10.8. The molecular formula is C25H25N3O6. The van der Waals surface area contributed by atoms with Gasteiger partial charge in [0.05, 0.1) is 19.6 Å². The lowest BCUT2D eigenvalue weighted by Gasteiger charge is -2.20. The molecule has 4 N–H and O–H groups in total. The maximum absolute atomic E-state index is 12.8. The van der Waals surface area contributed by atoms with Gasteiger partial charge in [-0.3, -0.25) is 9.59 Å². The van der Waals surface area contributed by atoms with Crippen LogP contribution in [-0.4, -0.2) is 33.9 Å². The van der Waals surface area contributed by atoms with Gasteiger partial charge in [0.2, 0.25) is 0 Å². The quantitative estimate of drug-likeness (QED) is 0.424. The van der Waals surface area contributed by atoms with Crippen molar-refractivity contribution < 1.29 is 24.5 Å². The highest BCUT2D eigenvalue weighted by Crippen LogP contribution is 2.30. The van der Waals surface area contributed by atoms with Crippen molar-refractivity contribution in [1.29, 1.82) is 0 Å². The standard InChI is InChI=1S/C25H25N3O6/c1-34-19-11-16(15-6-3-2-4-7-15)10-17(12-19)20(14-22(30)31)26-25(33)27-23-21(29)13-18-8-5-9-28(18)24(23)32/h2-4,6-7,10-13,20,29H,5,8-9,14H2,1H3,(H,30,31)(H2,26,27,33)/t20-/m0/s1. The number of anilines is 1. The molecule has 4 rings (SSSR count). The van der Waals surface area contributed by atoms with Crippen LogP contribution in [0.15, 0.2) is 59.4 Å². The summed E-state index contributed by atoms with van der Waals surface area (Å²) in [6.45, 7) is 0.512. The Morgan fingerprint density at radius 3 is 2.59 bits per heavy atom. The Labute approximate surface area is 195 Å². The van der Waals surface area contributed by atoms with Gasteiger partial charge in [0.15, 0.2) is 5.69 Å². The average Bonchev–Trinajstić information content (AvgIpc) is 3.30. The van der Waals surface area contributed by atoms with Crippen molar-refractivity contribution in [3.63, 3.8) is 0 Å². The molecule has 0 unspecified atom stereocenters. The molecule has 3 aromatic rings. The van der Waals surface area contributed by atoms with Crippen LogP contribution in [0.5, 0.6) is 11.5 Å². The fraction of sp³-hybridized carbons (Fsp3) is 0.240. The number of nitrogens with one attached hydrogen (secondary N) is 2. The van der Waals surface area contributed by atoms with E-state index in [1.807, 2.05) is 36.4 Å². The molecule has 1 aliphatic rings. The van der Waals surface area contributed by atoms with Crippen LogP contribution in [0.3, 0.4) is 0 Å². The predicted molar refractivity (Wildman–Crippen MR) is 126 cm³/mol. The summed E-state index contributed by atoms with van der Waals surface area (Å²) in [5, 5.41) is 24.7. The fourth-order valence-electron chi connectivity index (χ4n) is 4.14. The summed E-state index contributed by atoms with van der Waals surface area (Å²) >= 11 is 0. The number of aromatic nitrogens is 1. The maximum Gasteiger partial charge on any atom is 0.319 e. The maximum atomic E-state index is 12.8. The minimum absolute atomic E-state index is 0.243. The summed E-state index contributed by atoms with van der Waals surface area (Å²) < 4.78 is 6.91. The molecule has 0 aliphatic carbocycles. The molecule has 0 radical (unpaired) electrons. The van der Waals surface area contributed by atoms with Crippen molar-refractivity contribution >= 4 is 17.7 Å². The SMILES string of the molecule is COc1cc(-c2ccccc2)cc([C@H](CC(=O)O)NC(=O)Nc2c(O)cc3n(c2=O)CCC3)c1. The minimum Gasteiger partial charge on any atom is -0.505 e. The molecule has 1 aromatic heterocycles. The number of urea groups is 1. The van der Waals surface area contributed by atoms with Gasteiger partial charge >= 0.3 is 12.0 Å². The van der Waals surface area contributed by atoms with E-state index >= 15 is 0 Å². The number of carboxylic acid groups (broad SMARTS) is 1. The number of nitrogens with zero attached hydrogens (tertiary/aromatic N) is 1. The molecule has 0 bridgehead atoms. The first-order chi connectivity index (χ1) is 16.4. The van der Waals surface area contributed by atoms with Gasteiger partial charge in [0.1, 0.15) is 11.5 Å². The monoisotopic (exact) mass is 463 g/mol. The molecule has 1 aliphatic heterocycles. The highest BCUT2D eigenvalue weighted by molar-refractivity contribution is 5.91. The number of pyridine rings is 1. The second-order valence-corrected chi connectivity index (χ2v) is 8.07. The van der Waals surface area contributed by atoms with Gasteiger partial charge in [0, 0.05) is 18.3 Å². The van der Waals surface area contributed by atoms with Gasteiger partial charge < -0.3 is 30.2 Å². The highest BCUT2D eigenvalue weighted by Gasteiger charge is 2.23. The van der Waals surface area contributed by atoms with Crippen molar-refractivity contribution in [2.24, 2.45) is 0 Å². The molecule has 9 nitrogen and oxygen atoms in total. The topological polar surface area (TPSA) is 130 Å². The number of aliphatic carboxylic acids is 1. The number of benzene rings is 2. The zero-order valence-corrected chi connectivity index (χ0v) is 18.6. The van der Waals surface area contributed by atoms with Crippen molar-refractivity contribution in [1.82, 2.24) is 9.88 Å². The lowest BCUT2D eigenvalue weighted by atomic mass is 9.97. The Morgan fingerprint density at radius 2 is 1.88 bits per heavy atom. The van der Waals surface area contributed by atoms with Crippen LogP contribution < -0.4 is 20.9 Å². The number of carbonyl (C=O) groups excluding carboxylic acids is 1. The van der Waals surface area contributed by atoms with Gasteiger partial charge in [-0.15, -0.1) is 0 Å². The Balaban J connectivity index is 1.63. The number of fused-ring (bicyclic) bond motifs is 1. The Kier molecular flexibility index (Phi) is 6.53. The normalized spacial score (nSPS) is 13.1. The zero-order chi connectivity index (χ0) is 24.2. The summed E-state index contributed by atoms with van der Waals surface area (Å²) in [4.78, 5) is 37.0. The predicted octanol–water partition coefficient (Wildman–Crippen LogP) is 3.51. The van der Waals surface area contributed by atoms with Crippen molar-refractivity contribution in [3.8, 4) is 22.6 Å². The molecular weight excluding hydrogens is 438 g/mol. The van der Waals surface area contributed by atoms with Crippen LogP contribution >= 0.6 is 0 Å². The molecule has 176 valence electrons. The number of aryl methyl sites for hydroxylation is 1. The molecule has 2 amide bonds. The number of aromatic hydroxyl groups is 1. The molecule has 2 aromatic carbocycles. The Bertz CT molecular complexity index is 1290. The number of methoxy groups -OCH3 is 1. The Hall–Kier alpha value is -4.27. The van der Waals surface area contributed by atoms with E-state index in [-0.39, 0.29) is 11.4 Å². The van der Waals surface area contributed by atoms with Crippen LogP contribution in [0, 0.1) is 0 Å². The second-order valence-electron chi connectivity index (χ2n) is 8.07. The largest absolute Gasteiger partial charge is 0.505 e. The van der Waals surface area contributed by atoms with Crippen molar-refractivity contribution in [2.75, 3.05) is 12.4 Å². The molecule has 0 fully saturated rings. The number of ether oxygens (including phenoxy) is 1. The van der Waals surface area contributed by atoms with E-state index in [1.54, 1.807) is 12.1 Å². The minimum atomic E-state index is -1.12. The van der Waals surface area contributed by atoms with E-state index < -0.39 is 30.0 Å².